The number of benzene rings is 2. The van der Waals surface area contributed by atoms with Crippen molar-refractivity contribution in [2.45, 2.75) is 16.4 Å². The third kappa shape index (κ3) is 5.16. The minimum absolute atomic E-state index is 0.0691. The highest BCUT2D eigenvalue weighted by Gasteiger charge is 2.23. The number of hydrogen-bond donors (Lipinski definition) is 3. The van der Waals surface area contributed by atoms with Gasteiger partial charge in [0.05, 0.1) is 10.7 Å². The first-order valence-corrected chi connectivity index (χ1v) is 10.3. The van der Waals surface area contributed by atoms with E-state index in [9.17, 15) is 21.6 Å². The number of halogens is 1. The van der Waals surface area contributed by atoms with Crippen LogP contribution in [0.2, 0.25) is 5.02 Å². The lowest BCUT2D eigenvalue weighted by molar-refractivity contribution is 0.155. The molecule has 0 unspecified atom stereocenters. The van der Waals surface area contributed by atoms with E-state index in [1.165, 1.54) is 0 Å². The van der Waals surface area contributed by atoms with E-state index in [-0.39, 0.29) is 12.3 Å². The molecule has 2 aromatic carbocycles. The lowest BCUT2D eigenvalue weighted by Gasteiger charge is -2.13. The first kappa shape index (κ1) is 20.1. The Balaban J connectivity index is 2.30. The predicted octanol–water partition coefficient (Wildman–Crippen LogP) is 1.38. The van der Waals surface area contributed by atoms with Gasteiger partial charge in [-0.25, -0.2) is 31.9 Å². The van der Waals surface area contributed by atoms with Gasteiger partial charge in [-0.2, -0.15) is 0 Å². The molecule has 0 fully saturated rings. The van der Waals surface area contributed by atoms with Gasteiger partial charge in [-0.15, -0.1) is 0 Å². The molecular weight excluding hydrogens is 406 g/mol. The second kappa shape index (κ2) is 7.60. The largest absolute Gasteiger partial charge is 0.444 e. The van der Waals surface area contributed by atoms with Crippen molar-refractivity contribution in [1.82, 2.24) is 0 Å². The van der Waals surface area contributed by atoms with Crippen LogP contribution in [0.5, 0.6) is 0 Å². The molecule has 0 bridgehead atoms. The lowest BCUT2D eigenvalue weighted by atomic mass is 10.2. The predicted molar refractivity (Wildman–Crippen MR) is 94.4 cm³/mol. The minimum Gasteiger partial charge on any atom is -0.444 e. The average Bonchev–Trinajstić information content (AvgIpc) is 2.51. The molecule has 0 radical (unpaired) electrons. The Bertz CT molecular complexity index is 1040. The summed E-state index contributed by atoms with van der Waals surface area (Å²) >= 11 is 5.81. The Kier molecular flexibility index (Phi) is 5.88. The summed E-state index contributed by atoms with van der Waals surface area (Å²) in [7, 11) is -8.70. The van der Waals surface area contributed by atoms with Gasteiger partial charge < -0.3 is 4.74 Å². The summed E-state index contributed by atoms with van der Waals surface area (Å²) in [5.74, 6) is 0. The Morgan fingerprint density at radius 1 is 1.00 bits per heavy atom. The fourth-order valence-electron chi connectivity index (χ4n) is 1.96. The van der Waals surface area contributed by atoms with E-state index >= 15 is 0 Å². The van der Waals surface area contributed by atoms with Crippen molar-refractivity contribution in [3.8, 4) is 0 Å². The SMILES string of the molecule is NS(=O)(=O)c1cc(S(N)(=O)=O)c(NC(=O)OCc2ccccc2)cc1Cl. The molecule has 12 heteroatoms. The van der Waals surface area contributed by atoms with Crippen LogP contribution < -0.4 is 15.6 Å². The zero-order chi connectivity index (χ0) is 19.5. The molecule has 0 aliphatic heterocycles. The molecule has 26 heavy (non-hydrogen) atoms. The summed E-state index contributed by atoms with van der Waals surface area (Å²) in [6.07, 6.45) is -0.988. The van der Waals surface area contributed by atoms with Crippen molar-refractivity contribution >= 4 is 43.4 Å². The summed E-state index contributed by atoms with van der Waals surface area (Å²) < 4.78 is 51.3. The van der Waals surface area contributed by atoms with Crippen LogP contribution in [0.15, 0.2) is 52.3 Å². The van der Waals surface area contributed by atoms with E-state index in [0.717, 1.165) is 6.07 Å². The summed E-state index contributed by atoms with van der Waals surface area (Å²) in [6, 6.07) is 10.3. The summed E-state index contributed by atoms with van der Waals surface area (Å²) in [4.78, 5) is 10.6. The minimum atomic E-state index is -4.39. The van der Waals surface area contributed by atoms with E-state index in [2.05, 4.69) is 5.32 Å². The molecule has 2 rings (SSSR count). The summed E-state index contributed by atoms with van der Waals surface area (Å²) in [6.45, 7) is -0.0691. The Morgan fingerprint density at radius 2 is 1.58 bits per heavy atom. The highest BCUT2D eigenvalue weighted by molar-refractivity contribution is 7.90. The molecule has 0 saturated carbocycles. The van der Waals surface area contributed by atoms with Gasteiger partial charge >= 0.3 is 6.09 Å². The van der Waals surface area contributed by atoms with E-state index in [4.69, 9.17) is 26.6 Å². The van der Waals surface area contributed by atoms with Crippen LogP contribution in [-0.2, 0) is 31.4 Å². The van der Waals surface area contributed by atoms with Crippen molar-refractivity contribution in [2.75, 3.05) is 5.32 Å². The smallest absolute Gasteiger partial charge is 0.411 e. The molecule has 0 aromatic heterocycles. The highest BCUT2D eigenvalue weighted by atomic mass is 35.5. The number of amides is 1. The van der Waals surface area contributed by atoms with Gasteiger partial charge in [0.25, 0.3) is 0 Å². The first-order chi connectivity index (χ1) is 12.0. The molecule has 2 aromatic rings. The van der Waals surface area contributed by atoms with Gasteiger partial charge in [0.15, 0.2) is 0 Å². The summed E-state index contributed by atoms with van der Waals surface area (Å²) in [5, 5.41) is 11.8. The molecule has 140 valence electrons. The van der Waals surface area contributed by atoms with Gasteiger partial charge in [-0.1, -0.05) is 41.9 Å². The number of ether oxygens (including phenoxy) is 1. The van der Waals surface area contributed by atoms with Gasteiger partial charge in [-0.05, 0) is 17.7 Å². The number of anilines is 1. The van der Waals surface area contributed by atoms with Crippen LogP contribution in [0.4, 0.5) is 10.5 Å². The number of carbonyl (C=O) groups excluding carboxylic acids is 1. The fraction of sp³-hybridized carbons (Fsp3) is 0.0714. The molecule has 0 aliphatic carbocycles. The molecule has 0 aliphatic rings. The van der Waals surface area contributed by atoms with Crippen LogP contribution >= 0.6 is 11.6 Å². The quantitative estimate of drug-likeness (QED) is 0.663. The highest BCUT2D eigenvalue weighted by Crippen LogP contribution is 2.30. The maximum Gasteiger partial charge on any atom is 0.411 e. The van der Waals surface area contributed by atoms with Crippen molar-refractivity contribution in [1.29, 1.82) is 0 Å². The van der Waals surface area contributed by atoms with Crippen molar-refractivity contribution in [3.05, 3.63) is 53.1 Å². The van der Waals surface area contributed by atoms with Crippen molar-refractivity contribution in [2.24, 2.45) is 10.3 Å². The van der Waals surface area contributed by atoms with Crippen LogP contribution in [0.25, 0.3) is 0 Å². The number of primary sulfonamides is 2. The average molecular weight is 420 g/mol. The number of rotatable bonds is 5. The zero-order valence-corrected chi connectivity index (χ0v) is 15.4. The molecule has 0 saturated heterocycles. The molecule has 0 atom stereocenters. The zero-order valence-electron chi connectivity index (χ0n) is 13.0. The van der Waals surface area contributed by atoms with Crippen LogP contribution in [0, 0.1) is 0 Å². The van der Waals surface area contributed by atoms with Gasteiger partial charge in [-0.3, -0.25) is 5.32 Å². The summed E-state index contributed by atoms with van der Waals surface area (Å²) in [5.41, 5.74) is 0.361. The number of sulfonamides is 2. The topological polar surface area (TPSA) is 159 Å². The second-order valence-corrected chi connectivity index (χ2v) is 8.52. The van der Waals surface area contributed by atoms with Crippen LogP contribution in [-0.4, -0.2) is 22.9 Å². The Labute approximate surface area is 155 Å². The number of nitrogens with one attached hydrogen (secondary N) is 1. The van der Waals surface area contributed by atoms with Crippen LogP contribution in [0.1, 0.15) is 5.56 Å². The number of hydrogen-bond acceptors (Lipinski definition) is 6. The molecule has 0 spiro atoms. The molecular formula is C14H14ClN3O6S2. The van der Waals surface area contributed by atoms with Gasteiger partial charge in [0, 0.05) is 0 Å². The fourth-order valence-corrected chi connectivity index (χ4v) is 3.83. The van der Waals surface area contributed by atoms with Crippen molar-refractivity contribution in [3.63, 3.8) is 0 Å². The van der Waals surface area contributed by atoms with E-state index in [0.29, 0.717) is 11.6 Å². The number of carbonyl (C=O) groups is 1. The molecule has 9 nitrogen and oxygen atoms in total. The maximum absolute atomic E-state index is 11.9. The van der Waals surface area contributed by atoms with E-state index < -0.39 is 41.0 Å². The monoisotopic (exact) mass is 419 g/mol. The lowest BCUT2D eigenvalue weighted by Crippen LogP contribution is -2.21. The number of nitrogens with two attached hydrogens (primary N) is 2. The van der Waals surface area contributed by atoms with Gasteiger partial charge in [0.1, 0.15) is 16.4 Å². The van der Waals surface area contributed by atoms with Gasteiger partial charge in [0.2, 0.25) is 20.0 Å². The standard InChI is InChI=1S/C14H14ClN3O6S2/c15-10-6-11(13(26(17,22)23)7-12(10)25(16,20)21)18-14(19)24-8-9-4-2-1-3-5-9/h1-7H,8H2,(H,18,19)(H2,16,20,21)(H2,17,22,23). The molecule has 0 heterocycles. The normalized spacial score (nSPS) is 11.8. The first-order valence-electron chi connectivity index (χ1n) is 6.85. The third-order valence-electron chi connectivity index (χ3n) is 3.10. The Hall–Kier alpha value is -2.18. The molecule has 1 amide bonds. The van der Waals surface area contributed by atoms with E-state index in [1.54, 1.807) is 30.3 Å². The maximum atomic E-state index is 11.9. The Morgan fingerprint density at radius 3 is 2.12 bits per heavy atom. The second-order valence-electron chi connectivity index (χ2n) is 5.06. The van der Waals surface area contributed by atoms with Crippen molar-refractivity contribution < 1.29 is 26.4 Å². The van der Waals surface area contributed by atoms with Crippen LogP contribution in [0.3, 0.4) is 0 Å². The third-order valence-corrected chi connectivity index (χ3v) is 5.42. The van der Waals surface area contributed by atoms with E-state index in [1.807, 2.05) is 0 Å². The molecule has 5 N–H and O–H groups in total.